The van der Waals surface area contributed by atoms with E-state index in [2.05, 4.69) is 11.8 Å². The Kier molecular flexibility index (Phi) is 5.05. The minimum atomic E-state index is 0.287. The van der Waals surface area contributed by atoms with Crippen molar-refractivity contribution in [2.45, 2.75) is 45.3 Å². The smallest absolute Gasteiger partial charge is 0.0920 e. The van der Waals surface area contributed by atoms with Gasteiger partial charge in [-0.3, -0.25) is 5.41 Å². The van der Waals surface area contributed by atoms with E-state index in [0.717, 1.165) is 32.5 Å². The van der Waals surface area contributed by atoms with Gasteiger partial charge in [-0.05, 0) is 26.7 Å². The summed E-state index contributed by atoms with van der Waals surface area (Å²) in [7, 11) is 0. The van der Waals surface area contributed by atoms with Gasteiger partial charge in [-0.25, -0.2) is 0 Å². The highest BCUT2D eigenvalue weighted by Crippen LogP contribution is 2.16. The first-order valence-electron chi connectivity index (χ1n) is 5.82. The average Bonchev–Trinajstić information content (AvgIpc) is 2.18. The summed E-state index contributed by atoms with van der Waals surface area (Å²) < 4.78 is 5.60. The molecule has 0 aromatic rings. The molecule has 0 aliphatic carbocycles. The van der Waals surface area contributed by atoms with Crippen LogP contribution in [0.3, 0.4) is 0 Å². The lowest BCUT2D eigenvalue weighted by Crippen LogP contribution is -2.43. The molecule has 0 spiro atoms. The van der Waals surface area contributed by atoms with Crippen LogP contribution in [0.15, 0.2) is 0 Å². The van der Waals surface area contributed by atoms with Crippen molar-refractivity contribution in [3.05, 3.63) is 0 Å². The first kappa shape index (κ1) is 12.5. The molecule has 0 aromatic heterocycles. The maximum atomic E-state index is 7.28. The quantitative estimate of drug-likeness (QED) is 0.533. The summed E-state index contributed by atoms with van der Waals surface area (Å²) in [5, 5.41) is 7.28. The monoisotopic (exact) mass is 213 g/mol. The number of nitrogens with two attached hydrogens (primary N) is 1. The fourth-order valence-electron chi connectivity index (χ4n) is 2.17. The lowest BCUT2D eigenvalue weighted by molar-refractivity contribution is 0.00651. The van der Waals surface area contributed by atoms with Gasteiger partial charge in [0.2, 0.25) is 0 Å². The van der Waals surface area contributed by atoms with E-state index in [4.69, 9.17) is 15.9 Å². The third-order valence-electron chi connectivity index (χ3n) is 3.02. The van der Waals surface area contributed by atoms with E-state index in [1.807, 2.05) is 6.92 Å². The van der Waals surface area contributed by atoms with E-state index < -0.39 is 0 Å². The summed E-state index contributed by atoms with van der Waals surface area (Å²) in [6.07, 6.45) is 3.33. The number of hydrogen-bond donors (Lipinski definition) is 2. The molecular weight excluding hydrogens is 190 g/mol. The van der Waals surface area contributed by atoms with Gasteiger partial charge in [0.05, 0.1) is 11.9 Å². The van der Waals surface area contributed by atoms with Crippen molar-refractivity contribution in [1.29, 1.82) is 5.41 Å². The average molecular weight is 213 g/mol. The van der Waals surface area contributed by atoms with Crippen LogP contribution in [-0.4, -0.2) is 42.6 Å². The van der Waals surface area contributed by atoms with E-state index in [-0.39, 0.29) is 5.84 Å². The maximum absolute atomic E-state index is 7.28. The van der Waals surface area contributed by atoms with Gasteiger partial charge in [0, 0.05) is 32.2 Å². The Balaban J connectivity index is 2.27. The zero-order chi connectivity index (χ0) is 11.3. The molecule has 4 heteroatoms. The van der Waals surface area contributed by atoms with Crippen molar-refractivity contribution in [3.63, 3.8) is 0 Å². The molecule has 1 saturated heterocycles. The lowest BCUT2D eigenvalue weighted by Gasteiger charge is -2.35. The largest absolute Gasteiger partial charge is 0.388 e. The molecular formula is C11H23N3O. The summed E-state index contributed by atoms with van der Waals surface area (Å²) in [4.78, 5) is 2.40. The van der Waals surface area contributed by atoms with E-state index in [1.165, 1.54) is 0 Å². The fourth-order valence-corrected chi connectivity index (χ4v) is 2.17. The molecule has 3 N–H and O–H groups in total. The number of hydrogen-bond acceptors (Lipinski definition) is 3. The van der Waals surface area contributed by atoms with Crippen molar-refractivity contribution < 1.29 is 4.74 Å². The Labute approximate surface area is 92.3 Å². The third kappa shape index (κ3) is 4.18. The van der Waals surface area contributed by atoms with Crippen molar-refractivity contribution in [2.24, 2.45) is 5.73 Å². The zero-order valence-electron chi connectivity index (χ0n) is 9.83. The van der Waals surface area contributed by atoms with Gasteiger partial charge < -0.3 is 15.4 Å². The molecule has 0 amide bonds. The number of amidine groups is 1. The first-order valence-corrected chi connectivity index (χ1v) is 5.82. The van der Waals surface area contributed by atoms with Crippen LogP contribution in [0.25, 0.3) is 0 Å². The van der Waals surface area contributed by atoms with Crippen LogP contribution in [0.1, 0.15) is 33.1 Å². The number of likely N-dealkylation sites (tertiary alicyclic amines) is 1. The predicted molar refractivity (Wildman–Crippen MR) is 62.2 cm³/mol. The second kappa shape index (κ2) is 6.08. The molecule has 88 valence electrons. The summed E-state index contributed by atoms with van der Waals surface area (Å²) in [5.41, 5.74) is 5.41. The van der Waals surface area contributed by atoms with Gasteiger partial charge in [-0.2, -0.15) is 0 Å². The van der Waals surface area contributed by atoms with E-state index in [0.29, 0.717) is 18.6 Å². The molecule has 0 radical (unpaired) electrons. The van der Waals surface area contributed by atoms with Gasteiger partial charge >= 0.3 is 0 Å². The van der Waals surface area contributed by atoms with Crippen LogP contribution in [0.5, 0.6) is 0 Å². The van der Waals surface area contributed by atoms with Crippen LogP contribution in [0.4, 0.5) is 0 Å². The van der Waals surface area contributed by atoms with Crippen molar-refractivity contribution >= 4 is 5.84 Å². The Morgan fingerprint density at radius 3 is 2.60 bits per heavy atom. The standard InChI is InChI=1S/C11H23N3O/c1-3-15-10-4-6-14(7-5-10)9(2)8-11(12)13/h9-10H,3-8H2,1-2H3,(H3,12,13). The molecule has 0 aromatic carbocycles. The second-order valence-corrected chi connectivity index (χ2v) is 4.27. The molecule has 15 heavy (non-hydrogen) atoms. The molecule has 1 fully saturated rings. The molecule has 0 bridgehead atoms. The van der Waals surface area contributed by atoms with Gasteiger partial charge in [0.25, 0.3) is 0 Å². The number of nitrogens with zero attached hydrogens (tertiary/aromatic N) is 1. The normalized spacial score (nSPS) is 21.5. The molecule has 1 unspecified atom stereocenters. The number of piperidine rings is 1. The summed E-state index contributed by atoms with van der Waals surface area (Å²) >= 11 is 0. The van der Waals surface area contributed by atoms with Gasteiger partial charge in [-0.15, -0.1) is 0 Å². The summed E-state index contributed by atoms with van der Waals surface area (Å²) in [6, 6.07) is 0.394. The molecule has 1 aliphatic heterocycles. The SMILES string of the molecule is CCOC1CCN(C(C)CC(=N)N)CC1. The number of rotatable bonds is 5. The predicted octanol–water partition coefficient (Wildman–Crippen LogP) is 1.20. The summed E-state index contributed by atoms with van der Waals surface area (Å²) in [5.74, 6) is 0.287. The van der Waals surface area contributed by atoms with Gasteiger partial charge in [0.15, 0.2) is 0 Å². The maximum Gasteiger partial charge on any atom is 0.0920 e. The van der Waals surface area contributed by atoms with Crippen LogP contribution in [0.2, 0.25) is 0 Å². The first-order chi connectivity index (χ1) is 7.13. The molecule has 1 aliphatic rings. The Bertz CT molecular complexity index is 200. The van der Waals surface area contributed by atoms with Crippen LogP contribution < -0.4 is 5.73 Å². The van der Waals surface area contributed by atoms with Crippen LogP contribution in [0, 0.1) is 5.41 Å². The molecule has 0 saturated carbocycles. The van der Waals surface area contributed by atoms with Crippen molar-refractivity contribution in [2.75, 3.05) is 19.7 Å². The topological polar surface area (TPSA) is 62.3 Å². The number of nitrogens with one attached hydrogen (secondary N) is 1. The molecule has 1 rings (SSSR count). The third-order valence-corrected chi connectivity index (χ3v) is 3.02. The molecule has 1 heterocycles. The lowest BCUT2D eigenvalue weighted by atomic mass is 10.0. The van der Waals surface area contributed by atoms with E-state index in [1.54, 1.807) is 0 Å². The number of ether oxygens (including phenoxy) is 1. The Hall–Kier alpha value is -0.610. The Morgan fingerprint density at radius 1 is 1.53 bits per heavy atom. The van der Waals surface area contributed by atoms with Crippen LogP contribution in [-0.2, 0) is 4.74 Å². The highest BCUT2D eigenvalue weighted by atomic mass is 16.5. The van der Waals surface area contributed by atoms with Gasteiger partial charge in [-0.1, -0.05) is 0 Å². The highest BCUT2D eigenvalue weighted by molar-refractivity contribution is 5.77. The van der Waals surface area contributed by atoms with E-state index >= 15 is 0 Å². The molecule has 4 nitrogen and oxygen atoms in total. The van der Waals surface area contributed by atoms with Crippen molar-refractivity contribution in [3.8, 4) is 0 Å². The Morgan fingerprint density at radius 2 is 2.13 bits per heavy atom. The minimum Gasteiger partial charge on any atom is -0.388 e. The highest BCUT2D eigenvalue weighted by Gasteiger charge is 2.22. The zero-order valence-corrected chi connectivity index (χ0v) is 9.83. The van der Waals surface area contributed by atoms with Crippen molar-refractivity contribution in [1.82, 2.24) is 4.90 Å². The minimum absolute atomic E-state index is 0.287. The molecule has 1 atom stereocenters. The van der Waals surface area contributed by atoms with Gasteiger partial charge in [0.1, 0.15) is 0 Å². The fraction of sp³-hybridized carbons (Fsp3) is 0.909. The second-order valence-electron chi connectivity index (χ2n) is 4.27. The summed E-state index contributed by atoms with van der Waals surface area (Å²) in [6.45, 7) is 7.14. The van der Waals surface area contributed by atoms with E-state index in [9.17, 15) is 0 Å². The van der Waals surface area contributed by atoms with Crippen LogP contribution >= 0.6 is 0 Å².